The maximum Gasteiger partial charge on any atom is 0.259 e. The number of carbonyl (C=O) groups is 2. The van der Waals surface area contributed by atoms with Gasteiger partial charge < -0.3 is 11.1 Å². The first-order chi connectivity index (χ1) is 13.9. The van der Waals surface area contributed by atoms with Gasteiger partial charge in [-0.2, -0.15) is 0 Å². The number of halogens is 2. The fourth-order valence-corrected chi connectivity index (χ4v) is 2.88. The van der Waals surface area contributed by atoms with Crippen molar-refractivity contribution in [1.29, 1.82) is 0 Å². The maximum absolute atomic E-state index is 14.0. The first kappa shape index (κ1) is 18.2. The normalized spacial score (nSPS) is 10.8. The van der Waals surface area contributed by atoms with E-state index in [0.29, 0.717) is 17.3 Å². The van der Waals surface area contributed by atoms with Gasteiger partial charge >= 0.3 is 0 Å². The number of amides is 2. The van der Waals surface area contributed by atoms with Gasteiger partial charge in [-0.15, -0.1) is 0 Å². The summed E-state index contributed by atoms with van der Waals surface area (Å²) in [6.07, 6.45) is 3.14. The molecule has 144 valence electrons. The molecule has 0 saturated carbocycles. The van der Waals surface area contributed by atoms with E-state index in [9.17, 15) is 18.4 Å². The molecular weight excluding hydrogens is 380 g/mol. The van der Waals surface area contributed by atoms with Crippen molar-refractivity contribution in [3.05, 3.63) is 83.7 Å². The molecule has 9 heteroatoms. The van der Waals surface area contributed by atoms with E-state index in [-0.39, 0.29) is 22.7 Å². The number of nitrogens with zero attached hydrogens (tertiary/aromatic N) is 3. The molecule has 4 rings (SSSR count). The van der Waals surface area contributed by atoms with Crippen molar-refractivity contribution < 1.29 is 18.4 Å². The molecule has 0 aliphatic rings. The zero-order valence-corrected chi connectivity index (χ0v) is 14.8. The summed E-state index contributed by atoms with van der Waals surface area (Å²) in [7, 11) is 0. The molecule has 0 aliphatic carbocycles. The van der Waals surface area contributed by atoms with E-state index in [1.54, 1.807) is 30.5 Å². The second-order valence-electron chi connectivity index (χ2n) is 6.12. The lowest BCUT2D eigenvalue weighted by atomic mass is 10.1. The molecule has 2 aromatic carbocycles. The molecule has 0 spiro atoms. The van der Waals surface area contributed by atoms with Gasteiger partial charge in [0.1, 0.15) is 23.1 Å². The van der Waals surface area contributed by atoms with E-state index >= 15 is 0 Å². The number of hydrogen-bond acceptors (Lipinski definition) is 4. The molecule has 0 aliphatic heterocycles. The molecule has 7 nitrogen and oxygen atoms in total. The van der Waals surface area contributed by atoms with Gasteiger partial charge in [-0.25, -0.2) is 18.7 Å². The molecule has 0 saturated heterocycles. The summed E-state index contributed by atoms with van der Waals surface area (Å²) < 4.78 is 28.7. The first-order valence-electron chi connectivity index (χ1n) is 8.44. The lowest BCUT2D eigenvalue weighted by Crippen LogP contribution is -2.16. The number of aromatic nitrogens is 3. The van der Waals surface area contributed by atoms with Crippen molar-refractivity contribution in [2.24, 2.45) is 5.73 Å². The first-order valence-corrected chi connectivity index (χ1v) is 8.44. The molecule has 0 bridgehead atoms. The van der Waals surface area contributed by atoms with Crippen LogP contribution >= 0.6 is 0 Å². The third kappa shape index (κ3) is 3.41. The molecule has 0 radical (unpaired) electrons. The zero-order chi connectivity index (χ0) is 20.5. The molecule has 0 fully saturated rings. The van der Waals surface area contributed by atoms with Gasteiger partial charge in [0.2, 0.25) is 11.7 Å². The van der Waals surface area contributed by atoms with E-state index in [1.165, 1.54) is 16.7 Å². The molecule has 3 N–H and O–H groups in total. The molecular formula is C20H13F2N5O2. The van der Waals surface area contributed by atoms with E-state index in [1.807, 2.05) is 0 Å². The predicted molar refractivity (Wildman–Crippen MR) is 101 cm³/mol. The number of rotatable bonds is 4. The highest BCUT2D eigenvalue weighted by molar-refractivity contribution is 6.06. The number of anilines is 1. The second kappa shape index (κ2) is 7.12. The highest BCUT2D eigenvalue weighted by Crippen LogP contribution is 2.29. The molecule has 0 unspecified atom stereocenters. The fourth-order valence-electron chi connectivity index (χ4n) is 2.88. The van der Waals surface area contributed by atoms with E-state index in [2.05, 4.69) is 15.3 Å². The quantitative estimate of drug-likeness (QED) is 0.556. The summed E-state index contributed by atoms with van der Waals surface area (Å²) >= 11 is 0. The van der Waals surface area contributed by atoms with Crippen LogP contribution < -0.4 is 11.1 Å². The smallest absolute Gasteiger partial charge is 0.259 e. The Balaban J connectivity index is 1.83. The van der Waals surface area contributed by atoms with Crippen molar-refractivity contribution in [2.45, 2.75) is 0 Å². The van der Waals surface area contributed by atoms with Gasteiger partial charge in [0, 0.05) is 29.6 Å². The van der Waals surface area contributed by atoms with Gasteiger partial charge in [-0.05, 0) is 30.3 Å². The molecule has 29 heavy (non-hydrogen) atoms. The SMILES string of the molecule is NC(=O)c1cccc(-c2nc3ncccn3c2NC(=O)c2ccc(F)cc2F)c1. The lowest BCUT2D eigenvalue weighted by Gasteiger charge is -2.09. The van der Waals surface area contributed by atoms with Crippen LogP contribution in [0.3, 0.4) is 0 Å². The average molecular weight is 393 g/mol. The van der Waals surface area contributed by atoms with Crippen LogP contribution in [0.5, 0.6) is 0 Å². The Hall–Kier alpha value is -4.14. The van der Waals surface area contributed by atoms with Crippen LogP contribution in [0.1, 0.15) is 20.7 Å². The number of nitrogens with two attached hydrogens (primary N) is 1. The Labute approximate surface area is 162 Å². The van der Waals surface area contributed by atoms with Gasteiger partial charge in [0.15, 0.2) is 0 Å². The summed E-state index contributed by atoms with van der Waals surface area (Å²) in [5.41, 5.74) is 6.08. The van der Waals surface area contributed by atoms with Crippen LogP contribution in [-0.2, 0) is 0 Å². The standard InChI is InChI=1S/C20H13F2N5O2/c21-13-5-6-14(15(22)10-13)19(29)26-18-16(25-20-24-7-2-8-27(18)20)11-3-1-4-12(9-11)17(23)28/h1-10H,(H2,23,28)(H,26,29). The Morgan fingerprint density at radius 2 is 1.90 bits per heavy atom. The number of hydrogen-bond donors (Lipinski definition) is 2. The Morgan fingerprint density at radius 1 is 1.07 bits per heavy atom. The van der Waals surface area contributed by atoms with E-state index < -0.39 is 23.4 Å². The van der Waals surface area contributed by atoms with Crippen molar-refractivity contribution in [1.82, 2.24) is 14.4 Å². The molecule has 2 aromatic heterocycles. The fraction of sp³-hybridized carbons (Fsp3) is 0. The Kier molecular flexibility index (Phi) is 4.47. The average Bonchev–Trinajstić information content (AvgIpc) is 3.06. The van der Waals surface area contributed by atoms with Crippen LogP contribution in [0.25, 0.3) is 17.0 Å². The van der Waals surface area contributed by atoms with Gasteiger partial charge in [0.05, 0.1) is 5.56 Å². The molecule has 2 amide bonds. The number of fused-ring (bicyclic) bond motifs is 1. The molecule has 0 atom stereocenters. The third-order valence-electron chi connectivity index (χ3n) is 4.23. The number of nitrogens with one attached hydrogen (secondary N) is 1. The van der Waals surface area contributed by atoms with Gasteiger partial charge in [-0.1, -0.05) is 12.1 Å². The maximum atomic E-state index is 14.0. The number of benzene rings is 2. The Bertz CT molecular complexity index is 1270. The number of primary amides is 1. The minimum Gasteiger partial charge on any atom is -0.366 e. The number of carbonyl (C=O) groups excluding carboxylic acids is 2. The van der Waals surface area contributed by atoms with Crippen LogP contribution in [0.4, 0.5) is 14.6 Å². The van der Waals surface area contributed by atoms with Crippen molar-refractivity contribution in [3.8, 4) is 11.3 Å². The molecule has 2 heterocycles. The van der Waals surface area contributed by atoms with Crippen LogP contribution in [0.2, 0.25) is 0 Å². The highest BCUT2D eigenvalue weighted by atomic mass is 19.1. The van der Waals surface area contributed by atoms with Crippen molar-refractivity contribution in [2.75, 3.05) is 5.32 Å². The van der Waals surface area contributed by atoms with Crippen LogP contribution in [-0.4, -0.2) is 26.2 Å². The summed E-state index contributed by atoms with van der Waals surface area (Å²) in [5, 5.41) is 2.60. The highest BCUT2D eigenvalue weighted by Gasteiger charge is 2.20. The van der Waals surface area contributed by atoms with Crippen molar-refractivity contribution in [3.63, 3.8) is 0 Å². The molecule has 4 aromatic rings. The van der Waals surface area contributed by atoms with Gasteiger partial charge in [0.25, 0.3) is 5.91 Å². The van der Waals surface area contributed by atoms with Crippen LogP contribution in [0.15, 0.2) is 60.9 Å². The lowest BCUT2D eigenvalue weighted by molar-refractivity contribution is 0.0997. The monoisotopic (exact) mass is 393 g/mol. The third-order valence-corrected chi connectivity index (χ3v) is 4.23. The Morgan fingerprint density at radius 3 is 2.66 bits per heavy atom. The van der Waals surface area contributed by atoms with Gasteiger partial charge in [-0.3, -0.25) is 14.0 Å². The van der Waals surface area contributed by atoms with E-state index in [0.717, 1.165) is 12.1 Å². The number of imidazole rings is 1. The summed E-state index contributed by atoms with van der Waals surface area (Å²) in [4.78, 5) is 32.7. The summed E-state index contributed by atoms with van der Waals surface area (Å²) in [5.74, 6) is -2.70. The second-order valence-corrected chi connectivity index (χ2v) is 6.12. The zero-order valence-electron chi connectivity index (χ0n) is 14.8. The summed E-state index contributed by atoms with van der Waals surface area (Å²) in [6.45, 7) is 0. The summed E-state index contributed by atoms with van der Waals surface area (Å²) in [6, 6.07) is 10.7. The largest absolute Gasteiger partial charge is 0.366 e. The van der Waals surface area contributed by atoms with Crippen molar-refractivity contribution >= 4 is 23.4 Å². The van der Waals surface area contributed by atoms with E-state index in [4.69, 9.17) is 5.73 Å². The van der Waals surface area contributed by atoms with Crippen LogP contribution in [0, 0.1) is 11.6 Å². The minimum absolute atomic E-state index is 0.212. The predicted octanol–water partition coefficient (Wildman–Crippen LogP) is 3.03. The minimum atomic E-state index is -0.994. The topological polar surface area (TPSA) is 102 Å².